The Kier molecular flexibility index (Phi) is 31.0. The molecule has 0 saturated carbocycles. The fraction of sp³-hybridized carbons (Fsp3) is 0.900. The normalized spacial score (nSPS) is 11.5. The number of carboxylic acid groups (broad SMARTS) is 3. The molecule has 0 aromatic rings. The van der Waals surface area contributed by atoms with Gasteiger partial charge in [0.25, 0.3) is 0 Å². The van der Waals surface area contributed by atoms with Gasteiger partial charge in [-0.1, -0.05) is 116 Å². The van der Waals surface area contributed by atoms with Gasteiger partial charge in [0, 0.05) is 19.3 Å². The number of carbonyl (C=O) groups is 3. The number of aliphatic carboxylic acids is 3. The average molecular weight is 531 g/mol. The first kappa shape index (κ1) is 37.5. The molecule has 0 heterocycles. The Labute approximate surface area is 226 Å². The first-order valence-electron chi connectivity index (χ1n) is 15.1. The van der Waals surface area contributed by atoms with Gasteiger partial charge < -0.3 is 20.4 Å². The Morgan fingerprint density at radius 2 is 0.676 bits per heavy atom. The van der Waals surface area contributed by atoms with Gasteiger partial charge in [0.2, 0.25) is 0 Å². The van der Waals surface area contributed by atoms with Crippen molar-refractivity contribution in [3.63, 3.8) is 0 Å². The van der Waals surface area contributed by atoms with Crippen molar-refractivity contribution in [2.45, 2.75) is 174 Å². The van der Waals surface area contributed by atoms with Crippen molar-refractivity contribution in [3.8, 4) is 0 Å². The van der Waals surface area contributed by atoms with Gasteiger partial charge in [-0.05, 0) is 32.1 Å². The van der Waals surface area contributed by atoms with Crippen molar-refractivity contribution in [1.29, 1.82) is 0 Å². The van der Waals surface area contributed by atoms with Gasteiger partial charge in [0.1, 0.15) is 0 Å². The van der Waals surface area contributed by atoms with E-state index in [1.54, 1.807) is 0 Å². The fourth-order valence-corrected chi connectivity index (χ4v) is 4.28. The maximum absolute atomic E-state index is 10.3. The van der Waals surface area contributed by atoms with Crippen LogP contribution in [0.15, 0.2) is 0 Å². The number of carboxylic acids is 3. The molecule has 220 valence electrons. The van der Waals surface area contributed by atoms with Gasteiger partial charge in [-0.15, -0.1) is 0 Å². The highest BCUT2D eigenvalue weighted by Crippen LogP contribution is 2.14. The van der Waals surface area contributed by atoms with Crippen LogP contribution in [0.25, 0.3) is 0 Å². The number of aliphatic hydroxyl groups excluding tert-OH is 1. The summed E-state index contributed by atoms with van der Waals surface area (Å²) in [6.07, 6.45) is 24.8. The second-order valence-electron chi connectivity index (χ2n) is 10.4. The van der Waals surface area contributed by atoms with Crippen LogP contribution in [0.3, 0.4) is 0 Å². The zero-order chi connectivity index (χ0) is 28.0. The van der Waals surface area contributed by atoms with Crippen LogP contribution in [0, 0.1) is 0 Å². The molecule has 1 unspecified atom stereocenters. The largest absolute Gasteiger partial charge is 0.481 e. The van der Waals surface area contributed by atoms with Crippen LogP contribution in [0.4, 0.5) is 0 Å². The van der Waals surface area contributed by atoms with E-state index in [-0.39, 0.29) is 18.9 Å². The van der Waals surface area contributed by atoms with E-state index in [9.17, 15) is 19.5 Å². The van der Waals surface area contributed by atoms with Crippen molar-refractivity contribution >= 4 is 17.9 Å². The molecular formula is C30H58O7. The van der Waals surface area contributed by atoms with E-state index in [0.717, 1.165) is 89.9 Å². The van der Waals surface area contributed by atoms with Gasteiger partial charge in [-0.2, -0.15) is 0 Å². The van der Waals surface area contributed by atoms with E-state index < -0.39 is 17.9 Å². The van der Waals surface area contributed by atoms with Gasteiger partial charge in [-0.3, -0.25) is 14.4 Å². The lowest BCUT2D eigenvalue weighted by Crippen LogP contribution is -2.05. The highest BCUT2D eigenvalue weighted by Gasteiger charge is 2.03. The lowest BCUT2D eigenvalue weighted by Gasteiger charge is -2.10. The maximum atomic E-state index is 10.3. The van der Waals surface area contributed by atoms with Gasteiger partial charge in [0.15, 0.2) is 0 Å². The SMILES string of the molecule is CCCCCCC(O)CCCCCCCCCCC(=O)O.O=C(O)CCCCCCCCCCC(=O)O. The quantitative estimate of drug-likeness (QED) is 0.0784. The summed E-state index contributed by atoms with van der Waals surface area (Å²) in [4.78, 5) is 30.8. The Hall–Kier alpha value is -1.63. The molecule has 4 N–H and O–H groups in total. The van der Waals surface area contributed by atoms with Gasteiger partial charge in [-0.25, -0.2) is 0 Å². The third-order valence-electron chi connectivity index (χ3n) is 6.60. The molecule has 0 aromatic heterocycles. The minimum Gasteiger partial charge on any atom is -0.481 e. The number of hydrogen-bond acceptors (Lipinski definition) is 4. The molecule has 0 bridgehead atoms. The van der Waals surface area contributed by atoms with Crippen LogP contribution >= 0.6 is 0 Å². The molecule has 0 amide bonds. The number of unbranched alkanes of at least 4 members (excludes halogenated alkanes) is 17. The van der Waals surface area contributed by atoms with E-state index in [1.165, 1.54) is 51.4 Å². The molecule has 0 radical (unpaired) electrons. The summed E-state index contributed by atoms with van der Waals surface area (Å²) < 4.78 is 0. The van der Waals surface area contributed by atoms with Crippen molar-refractivity contribution < 1.29 is 34.8 Å². The lowest BCUT2D eigenvalue weighted by atomic mass is 10.0. The second kappa shape index (κ2) is 30.6. The van der Waals surface area contributed by atoms with E-state index in [2.05, 4.69) is 6.92 Å². The molecule has 7 heteroatoms. The molecular weight excluding hydrogens is 472 g/mol. The first-order valence-corrected chi connectivity index (χ1v) is 15.1. The third kappa shape index (κ3) is 39.0. The Bertz CT molecular complexity index is 500. The highest BCUT2D eigenvalue weighted by atomic mass is 16.4. The van der Waals surface area contributed by atoms with E-state index in [4.69, 9.17) is 15.3 Å². The van der Waals surface area contributed by atoms with Crippen molar-refractivity contribution in [2.24, 2.45) is 0 Å². The summed E-state index contributed by atoms with van der Waals surface area (Å²) in [7, 11) is 0. The maximum Gasteiger partial charge on any atom is 0.303 e. The Morgan fingerprint density at radius 1 is 0.432 bits per heavy atom. The number of rotatable bonds is 27. The third-order valence-corrected chi connectivity index (χ3v) is 6.60. The fourth-order valence-electron chi connectivity index (χ4n) is 4.28. The van der Waals surface area contributed by atoms with Crippen LogP contribution in [0.2, 0.25) is 0 Å². The second-order valence-corrected chi connectivity index (χ2v) is 10.4. The molecule has 0 aliphatic heterocycles. The van der Waals surface area contributed by atoms with E-state index in [0.29, 0.717) is 6.42 Å². The Balaban J connectivity index is 0. The van der Waals surface area contributed by atoms with Crippen LogP contribution in [-0.2, 0) is 14.4 Å². The highest BCUT2D eigenvalue weighted by molar-refractivity contribution is 5.67. The molecule has 1 atom stereocenters. The Morgan fingerprint density at radius 3 is 0.946 bits per heavy atom. The summed E-state index contributed by atoms with van der Waals surface area (Å²) in [5.74, 6) is -2.11. The average Bonchev–Trinajstić information content (AvgIpc) is 2.84. The van der Waals surface area contributed by atoms with E-state index in [1.807, 2.05) is 0 Å². The molecule has 0 spiro atoms. The van der Waals surface area contributed by atoms with Crippen molar-refractivity contribution in [2.75, 3.05) is 0 Å². The summed E-state index contributed by atoms with van der Waals surface area (Å²) in [6, 6.07) is 0. The minimum atomic E-state index is -0.714. The number of hydrogen-bond donors (Lipinski definition) is 4. The van der Waals surface area contributed by atoms with Crippen LogP contribution in [0.1, 0.15) is 167 Å². The minimum absolute atomic E-state index is 0.0853. The van der Waals surface area contributed by atoms with Crippen LogP contribution in [-0.4, -0.2) is 44.4 Å². The topological polar surface area (TPSA) is 132 Å². The summed E-state index contributed by atoms with van der Waals surface area (Å²) in [6.45, 7) is 2.21. The molecule has 37 heavy (non-hydrogen) atoms. The predicted molar refractivity (Wildman–Crippen MR) is 150 cm³/mol. The molecule has 0 rings (SSSR count). The molecule has 0 aliphatic rings. The molecule has 0 fully saturated rings. The van der Waals surface area contributed by atoms with Crippen LogP contribution in [0.5, 0.6) is 0 Å². The lowest BCUT2D eigenvalue weighted by molar-refractivity contribution is -0.138. The van der Waals surface area contributed by atoms with E-state index >= 15 is 0 Å². The van der Waals surface area contributed by atoms with Gasteiger partial charge in [0.05, 0.1) is 6.10 Å². The molecule has 7 nitrogen and oxygen atoms in total. The monoisotopic (exact) mass is 530 g/mol. The summed E-state index contributed by atoms with van der Waals surface area (Å²) >= 11 is 0. The smallest absolute Gasteiger partial charge is 0.303 e. The molecule has 0 aromatic carbocycles. The first-order chi connectivity index (χ1) is 17.8. The standard InChI is InChI=1S/C18H36O3.C12H22O4/c1-2-3-4-11-14-17(19)15-12-9-7-5-6-8-10-13-16-18(20)21;13-11(14)9-7-5-3-1-2-4-6-8-10-12(15)16/h17,19H,2-16H2,1H3,(H,20,21);1-10H2,(H,13,14)(H,15,16). The van der Waals surface area contributed by atoms with Crippen molar-refractivity contribution in [3.05, 3.63) is 0 Å². The van der Waals surface area contributed by atoms with Crippen molar-refractivity contribution in [1.82, 2.24) is 0 Å². The summed E-state index contributed by atoms with van der Waals surface area (Å²) in [5.41, 5.74) is 0. The van der Waals surface area contributed by atoms with Crippen LogP contribution < -0.4 is 0 Å². The predicted octanol–water partition coefficient (Wildman–Crippen LogP) is 8.36. The van der Waals surface area contributed by atoms with Gasteiger partial charge >= 0.3 is 17.9 Å². The number of aliphatic hydroxyl groups is 1. The zero-order valence-corrected chi connectivity index (χ0v) is 23.8. The molecule has 0 saturated heterocycles. The zero-order valence-electron chi connectivity index (χ0n) is 23.8. The molecule has 0 aliphatic carbocycles. The summed E-state index contributed by atoms with van der Waals surface area (Å²) in [5, 5.41) is 35.2.